The van der Waals surface area contributed by atoms with Crippen LogP contribution in [0.25, 0.3) is 10.1 Å². The number of hydrogen-bond donors (Lipinski definition) is 1. The van der Waals surface area contributed by atoms with E-state index >= 15 is 0 Å². The molecule has 112 valence electrons. The average Bonchev–Trinajstić information content (AvgIpc) is 2.75. The van der Waals surface area contributed by atoms with Gasteiger partial charge in [-0.3, -0.25) is 9.78 Å². The van der Waals surface area contributed by atoms with Crippen molar-refractivity contribution in [2.75, 3.05) is 18.8 Å². The molecule has 0 bridgehead atoms. The molecule has 2 N–H and O–H groups in total. The molecule has 1 saturated heterocycles. The van der Waals surface area contributed by atoms with E-state index in [9.17, 15) is 4.79 Å². The van der Waals surface area contributed by atoms with Crippen LogP contribution in [-0.4, -0.2) is 28.9 Å². The molecule has 21 heavy (non-hydrogen) atoms. The van der Waals surface area contributed by atoms with Gasteiger partial charge in [-0.2, -0.15) is 0 Å². The molecular weight excluding hydrogens is 282 g/mol. The number of hydrogen-bond acceptors (Lipinski definition) is 4. The Bertz CT molecular complexity index is 707. The SMILES string of the molecule is Cc1cc2sc(C(=O)N3CCCC(C)C3)c(N)c2c(C)n1. The van der Waals surface area contributed by atoms with Crippen molar-refractivity contribution in [2.24, 2.45) is 5.92 Å². The lowest BCUT2D eigenvalue weighted by Gasteiger charge is -2.30. The molecule has 0 spiro atoms. The normalized spacial score (nSPS) is 19.2. The van der Waals surface area contributed by atoms with E-state index in [0.717, 1.165) is 41.0 Å². The minimum atomic E-state index is 0.0808. The minimum absolute atomic E-state index is 0.0808. The lowest BCUT2D eigenvalue weighted by Crippen LogP contribution is -2.39. The zero-order valence-electron chi connectivity index (χ0n) is 12.8. The summed E-state index contributed by atoms with van der Waals surface area (Å²) in [6.07, 6.45) is 2.28. The monoisotopic (exact) mass is 303 g/mol. The quantitative estimate of drug-likeness (QED) is 0.878. The van der Waals surface area contributed by atoms with E-state index in [4.69, 9.17) is 5.73 Å². The van der Waals surface area contributed by atoms with Gasteiger partial charge in [0.15, 0.2) is 0 Å². The number of thiophene rings is 1. The third-order valence-corrected chi connectivity index (χ3v) is 5.30. The van der Waals surface area contributed by atoms with Crippen molar-refractivity contribution in [3.63, 3.8) is 0 Å². The first-order chi connectivity index (χ1) is 9.97. The second-order valence-corrected chi connectivity index (χ2v) is 7.12. The number of nitrogens with two attached hydrogens (primary N) is 1. The number of fused-ring (bicyclic) bond motifs is 1. The van der Waals surface area contributed by atoms with Gasteiger partial charge in [0.2, 0.25) is 0 Å². The summed E-state index contributed by atoms with van der Waals surface area (Å²) >= 11 is 1.50. The molecule has 3 heterocycles. The molecule has 1 fully saturated rings. The van der Waals surface area contributed by atoms with Crippen LogP contribution < -0.4 is 5.73 Å². The number of aromatic nitrogens is 1. The maximum absolute atomic E-state index is 12.8. The summed E-state index contributed by atoms with van der Waals surface area (Å²) in [6.45, 7) is 7.80. The van der Waals surface area contributed by atoms with E-state index in [2.05, 4.69) is 11.9 Å². The van der Waals surface area contributed by atoms with Gasteiger partial charge < -0.3 is 10.6 Å². The zero-order chi connectivity index (χ0) is 15.1. The van der Waals surface area contributed by atoms with Crippen LogP contribution in [0, 0.1) is 19.8 Å². The van der Waals surface area contributed by atoms with Crippen molar-refractivity contribution < 1.29 is 4.79 Å². The van der Waals surface area contributed by atoms with Crippen LogP contribution in [0.4, 0.5) is 5.69 Å². The number of piperidine rings is 1. The third-order valence-electron chi connectivity index (χ3n) is 4.16. The van der Waals surface area contributed by atoms with Crippen LogP contribution in [0.5, 0.6) is 0 Å². The first-order valence-electron chi connectivity index (χ1n) is 7.43. The molecule has 1 amide bonds. The van der Waals surface area contributed by atoms with Crippen molar-refractivity contribution in [1.29, 1.82) is 0 Å². The smallest absolute Gasteiger partial charge is 0.266 e. The van der Waals surface area contributed by atoms with Gasteiger partial charge in [0, 0.05) is 34.6 Å². The first-order valence-corrected chi connectivity index (χ1v) is 8.24. The maximum Gasteiger partial charge on any atom is 0.266 e. The topological polar surface area (TPSA) is 59.2 Å². The fourth-order valence-corrected chi connectivity index (χ4v) is 4.39. The number of likely N-dealkylation sites (tertiary alicyclic amines) is 1. The van der Waals surface area contributed by atoms with Gasteiger partial charge in [-0.05, 0) is 38.7 Å². The minimum Gasteiger partial charge on any atom is -0.397 e. The van der Waals surface area contributed by atoms with Gasteiger partial charge in [0.05, 0.1) is 5.69 Å². The largest absolute Gasteiger partial charge is 0.397 e. The highest BCUT2D eigenvalue weighted by Crippen LogP contribution is 2.36. The number of amides is 1. The number of carbonyl (C=O) groups is 1. The number of nitrogens with zero attached hydrogens (tertiary/aromatic N) is 2. The fraction of sp³-hybridized carbons (Fsp3) is 0.500. The van der Waals surface area contributed by atoms with Gasteiger partial charge in [-0.25, -0.2) is 0 Å². The molecule has 0 radical (unpaired) electrons. The van der Waals surface area contributed by atoms with Crippen LogP contribution in [-0.2, 0) is 0 Å². The summed E-state index contributed by atoms with van der Waals surface area (Å²) < 4.78 is 1.06. The molecule has 0 saturated carbocycles. The standard InChI is InChI=1S/C16H21N3OS/c1-9-5-4-6-19(8-9)16(20)15-14(17)13-11(3)18-10(2)7-12(13)21-15/h7,9H,4-6,8,17H2,1-3H3. The summed E-state index contributed by atoms with van der Waals surface area (Å²) in [5.41, 5.74) is 8.73. The van der Waals surface area contributed by atoms with Crippen molar-refractivity contribution in [3.8, 4) is 0 Å². The highest BCUT2D eigenvalue weighted by atomic mass is 32.1. The van der Waals surface area contributed by atoms with Gasteiger partial charge in [-0.1, -0.05) is 6.92 Å². The van der Waals surface area contributed by atoms with Crippen molar-refractivity contribution >= 4 is 33.0 Å². The van der Waals surface area contributed by atoms with Gasteiger partial charge in [0.1, 0.15) is 4.88 Å². The van der Waals surface area contributed by atoms with E-state index in [1.807, 2.05) is 24.8 Å². The predicted molar refractivity (Wildman–Crippen MR) is 87.8 cm³/mol. The predicted octanol–water partition coefficient (Wildman–Crippen LogP) is 3.37. The van der Waals surface area contributed by atoms with Crippen molar-refractivity contribution in [2.45, 2.75) is 33.6 Å². The molecule has 2 aromatic rings. The zero-order valence-corrected chi connectivity index (χ0v) is 13.6. The molecule has 2 aromatic heterocycles. The van der Waals surface area contributed by atoms with Crippen molar-refractivity contribution in [3.05, 3.63) is 22.3 Å². The van der Waals surface area contributed by atoms with Crippen LogP contribution in [0.1, 0.15) is 40.8 Å². The maximum atomic E-state index is 12.8. The van der Waals surface area contributed by atoms with Gasteiger partial charge in [-0.15, -0.1) is 11.3 Å². The number of pyridine rings is 1. The Labute approximate surface area is 129 Å². The Kier molecular flexibility index (Phi) is 3.61. The highest BCUT2D eigenvalue weighted by molar-refractivity contribution is 7.21. The van der Waals surface area contributed by atoms with E-state index in [0.29, 0.717) is 16.5 Å². The average molecular weight is 303 g/mol. The molecule has 1 aliphatic heterocycles. The Morgan fingerprint density at radius 2 is 2.24 bits per heavy atom. The van der Waals surface area contributed by atoms with Gasteiger partial charge in [0.25, 0.3) is 5.91 Å². The summed E-state index contributed by atoms with van der Waals surface area (Å²) in [5.74, 6) is 0.654. The molecule has 3 rings (SSSR count). The lowest BCUT2D eigenvalue weighted by atomic mass is 10.00. The molecule has 0 aromatic carbocycles. The van der Waals surface area contributed by atoms with Crippen LogP contribution in [0.15, 0.2) is 6.07 Å². The number of aryl methyl sites for hydroxylation is 2. The Hall–Kier alpha value is -1.62. The first kappa shape index (κ1) is 14.3. The summed E-state index contributed by atoms with van der Waals surface area (Å²) in [6, 6.07) is 2.01. The molecule has 1 atom stereocenters. The Balaban J connectivity index is 2.02. The van der Waals surface area contributed by atoms with Crippen LogP contribution in [0.2, 0.25) is 0 Å². The van der Waals surface area contributed by atoms with Crippen LogP contribution >= 0.6 is 11.3 Å². The summed E-state index contributed by atoms with van der Waals surface area (Å²) in [7, 11) is 0. The molecule has 0 aliphatic carbocycles. The van der Waals surface area contributed by atoms with E-state index in [-0.39, 0.29) is 5.91 Å². The second-order valence-electron chi connectivity index (χ2n) is 6.07. The number of carbonyl (C=O) groups excluding carboxylic acids is 1. The summed E-state index contributed by atoms with van der Waals surface area (Å²) in [5, 5.41) is 0.944. The molecule has 5 heteroatoms. The Morgan fingerprint density at radius 3 is 2.95 bits per heavy atom. The highest BCUT2D eigenvalue weighted by Gasteiger charge is 2.26. The fourth-order valence-electron chi connectivity index (χ4n) is 3.16. The van der Waals surface area contributed by atoms with Gasteiger partial charge >= 0.3 is 0 Å². The second kappa shape index (κ2) is 5.30. The van der Waals surface area contributed by atoms with Crippen LogP contribution in [0.3, 0.4) is 0 Å². The Morgan fingerprint density at radius 1 is 1.48 bits per heavy atom. The summed E-state index contributed by atoms with van der Waals surface area (Å²) in [4.78, 5) is 19.9. The molecule has 1 unspecified atom stereocenters. The number of anilines is 1. The van der Waals surface area contributed by atoms with Crippen molar-refractivity contribution in [1.82, 2.24) is 9.88 Å². The third kappa shape index (κ3) is 2.50. The molecular formula is C16H21N3OS. The number of rotatable bonds is 1. The molecule has 1 aliphatic rings. The van der Waals surface area contributed by atoms with E-state index < -0.39 is 0 Å². The molecule has 4 nitrogen and oxygen atoms in total. The lowest BCUT2D eigenvalue weighted by molar-refractivity contribution is 0.0689. The number of nitrogen functional groups attached to an aromatic ring is 1. The van der Waals surface area contributed by atoms with E-state index in [1.54, 1.807) is 0 Å². The van der Waals surface area contributed by atoms with E-state index in [1.165, 1.54) is 17.8 Å².